The maximum atomic E-state index is 14.7. The zero-order valence-electron chi connectivity index (χ0n) is 72.2. The van der Waals surface area contributed by atoms with Gasteiger partial charge in [0.05, 0.1) is 44.8 Å². The van der Waals surface area contributed by atoms with Crippen molar-refractivity contribution in [2.45, 2.75) is 176 Å². The Morgan fingerprint density at radius 2 is 0.629 bits per heavy atom. The Kier molecular flexibility index (Phi) is 33.8. The van der Waals surface area contributed by atoms with Crippen LogP contribution in [-0.4, -0.2) is 136 Å². The monoisotopic (exact) mass is 1910 g/mol. The number of nitrogens with zero attached hydrogens (tertiary/aromatic N) is 6. The summed E-state index contributed by atoms with van der Waals surface area (Å²) in [4.78, 5) is 84.8. The third-order valence-electron chi connectivity index (χ3n) is 23.3. The van der Waals surface area contributed by atoms with Crippen molar-refractivity contribution in [2.24, 2.45) is 0 Å². The van der Waals surface area contributed by atoms with Gasteiger partial charge < -0.3 is 29.6 Å². The van der Waals surface area contributed by atoms with Crippen LogP contribution in [0.3, 0.4) is 0 Å². The number of anilines is 3. The number of carbonyl (C=O) groups excluding carboxylic acids is 5. The highest BCUT2D eigenvalue weighted by molar-refractivity contribution is 7.89. The van der Waals surface area contributed by atoms with E-state index in [2.05, 4.69) is 0 Å². The van der Waals surface area contributed by atoms with Crippen LogP contribution < -0.4 is 24.9 Å². The quantitative estimate of drug-likeness (QED) is 0.00884. The second-order valence-corrected chi connectivity index (χ2v) is 38.1. The van der Waals surface area contributed by atoms with Crippen LogP contribution in [0, 0.1) is 96.4 Å². The van der Waals surface area contributed by atoms with Gasteiger partial charge in [-0.25, -0.2) is 97.4 Å². The Bertz CT molecular complexity index is 6150. The number of sulfonamides is 3. The van der Waals surface area contributed by atoms with Gasteiger partial charge in [0.2, 0.25) is 47.8 Å². The molecule has 3 fully saturated rings. The maximum Gasteiger partial charge on any atom is 0.339 e. The van der Waals surface area contributed by atoms with Crippen molar-refractivity contribution < 1.29 is 136 Å². The fourth-order valence-electron chi connectivity index (χ4n) is 15.7. The topological polar surface area (TPSA) is 323 Å². The number of rotatable bonds is 28. The third-order valence-corrected chi connectivity index (χ3v) is 28.8. The van der Waals surface area contributed by atoms with Crippen LogP contribution in [0.2, 0.25) is 0 Å². The molecule has 0 radical (unpaired) electrons. The van der Waals surface area contributed by atoms with E-state index in [-0.39, 0.29) is 50.9 Å². The van der Waals surface area contributed by atoms with Gasteiger partial charge in [-0.1, -0.05) is 131 Å². The van der Waals surface area contributed by atoms with Crippen LogP contribution in [0.15, 0.2) is 148 Å². The number of esters is 1. The van der Waals surface area contributed by atoms with Gasteiger partial charge >= 0.3 is 17.9 Å². The molecule has 706 valence electrons. The number of ether oxygens (including phenoxy) is 1. The minimum absolute atomic E-state index is 0.00168. The number of amides is 4. The van der Waals surface area contributed by atoms with E-state index in [9.17, 15) is 126 Å². The van der Waals surface area contributed by atoms with E-state index in [1.165, 1.54) is 65.5 Å². The number of aromatic carboxylic acids is 2. The number of hydrogen-bond acceptors (Lipinski definition) is 15. The first kappa shape index (κ1) is 102. The molecule has 0 aliphatic heterocycles. The van der Waals surface area contributed by atoms with Gasteiger partial charge in [-0.2, -0.15) is 12.9 Å². The van der Waals surface area contributed by atoms with Gasteiger partial charge in [-0.15, -0.1) is 0 Å². The number of hydrogen-bond donors (Lipinski definition) is 4. The molecule has 0 aromatic heterocycles. The molecule has 40 heteroatoms. The van der Waals surface area contributed by atoms with Crippen LogP contribution in [0.5, 0.6) is 5.75 Å². The lowest BCUT2D eigenvalue weighted by atomic mass is 9.84. The Hall–Kier alpha value is -12.0. The lowest BCUT2D eigenvalue weighted by Gasteiger charge is -2.27. The molecular formula is C92H92F13N7O17S3. The molecule has 0 bridgehead atoms. The molecule has 24 nitrogen and oxygen atoms in total. The van der Waals surface area contributed by atoms with Gasteiger partial charge in [0.25, 0.3) is 5.91 Å². The molecule has 9 aromatic carbocycles. The average molecular weight is 1910 g/mol. The zero-order chi connectivity index (χ0) is 97.0. The van der Waals surface area contributed by atoms with Crippen molar-refractivity contribution in [2.75, 3.05) is 55.5 Å². The number of hydroxylamine groups is 1. The van der Waals surface area contributed by atoms with E-state index in [4.69, 9.17) is 9.94 Å². The fourth-order valence-corrected chi connectivity index (χ4v) is 19.4. The van der Waals surface area contributed by atoms with E-state index in [1.54, 1.807) is 24.3 Å². The molecule has 12 rings (SSSR count). The molecule has 3 aliphatic rings. The number of carboxylic acid groups (broad SMARTS) is 2. The summed E-state index contributed by atoms with van der Waals surface area (Å²) in [6, 6.07) is 34.2. The van der Waals surface area contributed by atoms with Crippen LogP contribution in [0.25, 0.3) is 0 Å². The number of nitrogens with one attached hydrogen (secondary N) is 1. The summed E-state index contributed by atoms with van der Waals surface area (Å²) in [6.45, 7) is -0.228. The summed E-state index contributed by atoms with van der Waals surface area (Å²) in [5, 5.41) is 27.6. The molecule has 4 N–H and O–H groups in total. The van der Waals surface area contributed by atoms with Crippen molar-refractivity contribution in [1.82, 2.24) is 18.4 Å². The summed E-state index contributed by atoms with van der Waals surface area (Å²) in [6.07, 6.45) is 16.8. The summed E-state index contributed by atoms with van der Waals surface area (Å²) in [5.41, 5.74) is 2.76. The van der Waals surface area contributed by atoms with Crippen LogP contribution in [0.4, 0.5) is 74.1 Å². The molecule has 9 aromatic rings. The van der Waals surface area contributed by atoms with Crippen LogP contribution in [-0.2, 0) is 68.9 Å². The first-order valence-corrected chi connectivity index (χ1v) is 45.7. The van der Waals surface area contributed by atoms with E-state index in [0.29, 0.717) is 38.7 Å². The smallest absolute Gasteiger partial charge is 0.339 e. The first-order chi connectivity index (χ1) is 62.2. The van der Waals surface area contributed by atoms with Crippen molar-refractivity contribution in [3.8, 4) is 5.75 Å². The predicted octanol–water partition coefficient (Wildman–Crippen LogP) is 17.9. The minimum Gasteiger partial charge on any atom is -0.478 e. The molecule has 0 atom stereocenters. The fraction of sp³-hybridized carbons (Fsp3) is 0.337. The maximum absolute atomic E-state index is 14.7. The van der Waals surface area contributed by atoms with Gasteiger partial charge in [0, 0.05) is 73.4 Å². The van der Waals surface area contributed by atoms with Gasteiger partial charge in [0.15, 0.2) is 84.5 Å². The Morgan fingerprint density at radius 3 is 0.894 bits per heavy atom. The molecule has 0 unspecified atom stereocenters. The summed E-state index contributed by atoms with van der Waals surface area (Å²) >= 11 is 0. The zero-order valence-corrected chi connectivity index (χ0v) is 74.6. The number of benzene rings is 9. The van der Waals surface area contributed by atoms with E-state index >= 15 is 0 Å². The third kappa shape index (κ3) is 23.2. The number of carboxylic acids is 2. The van der Waals surface area contributed by atoms with Crippen molar-refractivity contribution in [1.29, 1.82) is 0 Å². The lowest BCUT2D eigenvalue weighted by molar-refractivity contribution is -0.132. The number of halogens is 13. The molecule has 3 saturated carbocycles. The van der Waals surface area contributed by atoms with E-state index in [0.717, 1.165) is 177 Å². The average Bonchev–Trinajstić information content (AvgIpc) is 0.764. The minimum atomic E-state index is -5.30. The number of likely N-dealkylation sites (N-methyl/N-ethyl adjacent to an activating group) is 3. The lowest BCUT2D eigenvalue weighted by Crippen LogP contribution is -2.41. The van der Waals surface area contributed by atoms with Gasteiger partial charge in [-0.05, 0) is 165 Å². The highest BCUT2D eigenvalue weighted by Crippen LogP contribution is 2.40. The van der Waals surface area contributed by atoms with E-state index in [1.807, 2.05) is 48.5 Å². The summed E-state index contributed by atoms with van der Waals surface area (Å²) < 4.78 is 271. The summed E-state index contributed by atoms with van der Waals surface area (Å²) in [5.74, 6) is -31.8. The highest BCUT2D eigenvalue weighted by atomic mass is 32.2. The normalized spacial score (nSPS) is 14.1. The van der Waals surface area contributed by atoms with Crippen molar-refractivity contribution in [3.63, 3.8) is 0 Å². The molecule has 0 heterocycles. The Labute approximate surface area is 752 Å². The van der Waals surface area contributed by atoms with Gasteiger partial charge in [0.1, 0.15) is 17.1 Å². The Morgan fingerprint density at radius 1 is 0.364 bits per heavy atom. The van der Waals surface area contributed by atoms with Crippen LogP contribution in [0.1, 0.15) is 202 Å². The highest BCUT2D eigenvalue weighted by Gasteiger charge is 2.41. The second kappa shape index (κ2) is 43.6. The largest absolute Gasteiger partial charge is 0.478 e. The molecule has 0 saturated heterocycles. The molecule has 0 spiro atoms. The van der Waals surface area contributed by atoms with Gasteiger partial charge in [-0.3, -0.25) is 29.2 Å². The van der Waals surface area contributed by atoms with E-state index < -0.39 is 215 Å². The first-order valence-electron chi connectivity index (χ1n) is 41.4. The molecule has 3 aliphatic carbocycles. The predicted molar refractivity (Wildman–Crippen MR) is 457 cm³/mol. The molecule has 132 heavy (non-hydrogen) atoms. The second-order valence-electron chi connectivity index (χ2n) is 32.1. The summed E-state index contributed by atoms with van der Waals surface area (Å²) in [7, 11) is -13.4. The Balaban J connectivity index is 0.000000206. The standard InChI is InChI=1S/C32H32F4N2O7S.C30H29F5N2O5S.C30H31F4N3O5S/c1-18-27(33)29(35)31(30(36)28(18)34)46(43,44)37(3)17-26(40)38(23-13-14-24(32(41)42)25(15-23)45-19(2)39)16-20-9-11-22(12-10-20)21-7-5-4-6-8-21;1-17-25(32)27(34)29(28(35)26(17)33)43(41,42)36(2)16-24(38)37(21-12-13-22(30(39)40)23(31)14-21)15-18-8-10-20(11-9-18)19-6-4-3-5-7-19;1-18-25(31)27(33)29(28(34)26(18)32)43(41,42)36(2)17-24(38)37(23-14-12-22(13-15-23)30(39)35-40)16-19-8-10-21(11-9-19)20-6-4-3-5-7-20/h9-15,21H,4-8,16-17H2,1-3H3,(H,41,42);8-14,19H,3-7,15-16H2,1-2H3,(H,39,40);8-15,20,40H,3-7,16-17H2,1-2H3,(H,35,39). The molecule has 4 amide bonds. The SMILES string of the molecule is CC(=O)Oc1cc(N(Cc2ccc(C3CCCCC3)cc2)C(=O)CN(C)S(=O)(=O)c2c(F)c(F)c(C)c(F)c2F)ccc1C(=O)O.Cc1c(F)c(F)c(S(=O)(=O)N(C)CC(=O)N(Cc2ccc(C3CCCCC3)cc2)c2ccc(C(=O)NO)cc2)c(F)c1F.Cc1c(F)c(F)c(S(=O)(=O)N(C)CC(=O)N(Cc2ccc(C3CCCCC3)cc2)c2ccc(C(=O)O)c(F)c2)c(F)c1F. The van der Waals surface area contributed by atoms with Crippen LogP contribution >= 0.6 is 0 Å². The van der Waals surface area contributed by atoms with Crippen molar-refractivity contribution in [3.05, 3.63) is 276 Å². The van der Waals surface area contributed by atoms with Crippen molar-refractivity contribution >= 4 is 88.7 Å². The number of carbonyl (C=O) groups is 7. The molecular weight excluding hydrogens is 1820 g/mol.